The zero-order valence-corrected chi connectivity index (χ0v) is 11.5. The number of carboxylic acid groups (broad SMARTS) is 1. The molecule has 0 saturated carbocycles. The van der Waals surface area contributed by atoms with E-state index in [0.29, 0.717) is 23.6 Å². The highest BCUT2D eigenvalue weighted by atomic mass is 35.5. The van der Waals surface area contributed by atoms with Crippen LogP contribution in [0.3, 0.4) is 0 Å². The number of aryl methyl sites for hydroxylation is 1. The minimum Gasteiger partial charge on any atom is -0.480 e. The summed E-state index contributed by atoms with van der Waals surface area (Å²) in [6, 6.07) is 4.44. The number of carboxylic acids is 1. The topological polar surface area (TPSA) is 57.6 Å². The quantitative estimate of drug-likeness (QED) is 0.907. The lowest BCUT2D eigenvalue weighted by Crippen LogP contribution is -2.48. The second-order valence-corrected chi connectivity index (χ2v) is 5.24. The maximum Gasteiger partial charge on any atom is 0.326 e. The fraction of sp³-hybridized carbons (Fsp3) is 0.429. The third-order valence-corrected chi connectivity index (χ3v) is 3.72. The van der Waals surface area contributed by atoms with Gasteiger partial charge in [0.1, 0.15) is 6.04 Å². The summed E-state index contributed by atoms with van der Waals surface area (Å²) in [6.45, 7) is 2.36. The lowest BCUT2D eigenvalue weighted by Gasteiger charge is -2.33. The van der Waals surface area contributed by atoms with Gasteiger partial charge in [-0.15, -0.1) is 0 Å². The Balaban J connectivity index is 2.28. The summed E-state index contributed by atoms with van der Waals surface area (Å²) in [5, 5.41) is 9.57. The second kappa shape index (κ2) is 5.61. The normalized spacial score (nSPS) is 19.3. The summed E-state index contributed by atoms with van der Waals surface area (Å²) < 4.78 is 0. The minimum atomic E-state index is -0.948. The molecule has 0 bridgehead atoms. The number of hydrogen-bond donors (Lipinski definition) is 1. The first-order valence-corrected chi connectivity index (χ1v) is 6.68. The van der Waals surface area contributed by atoms with Gasteiger partial charge in [-0.2, -0.15) is 0 Å². The van der Waals surface area contributed by atoms with Crippen molar-refractivity contribution >= 4 is 23.5 Å². The molecule has 1 aliphatic heterocycles. The molecule has 0 radical (unpaired) electrons. The number of piperidine rings is 1. The lowest BCUT2D eigenvalue weighted by molar-refractivity contribution is -0.143. The van der Waals surface area contributed by atoms with Gasteiger partial charge in [-0.3, -0.25) is 4.79 Å². The SMILES string of the molecule is Cc1ccc(C(=O)N2CCCCC2C(=O)O)c(Cl)c1. The smallest absolute Gasteiger partial charge is 0.326 e. The molecule has 1 fully saturated rings. The Bertz CT molecular complexity index is 515. The average molecular weight is 282 g/mol. The summed E-state index contributed by atoms with van der Waals surface area (Å²) in [5.41, 5.74) is 1.34. The molecule has 5 heteroatoms. The van der Waals surface area contributed by atoms with Gasteiger partial charge in [-0.05, 0) is 43.9 Å². The van der Waals surface area contributed by atoms with E-state index in [4.69, 9.17) is 11.6 Å². The number of aliphatic carboxylic acids is 1. The molecule has 0 aromatic heterocycles. The maximum atomic E-state index is 12.4. The van der Waals surface area contributed by atoms with Crippen LogP contribution in [0, 0.1) is 6.92 Å². The molecule has 1 aliphatic rings. The molecular formula is C14H16ClNO3. The third kappa shape index (κ3) is 2.89. The summed E-state index contributed by atoms with van der Waals surface area (Å²) >= 11 is 6.08. The van der Waals surface area contributed by atoms with Crippen LogP contribution < -0.4 is 0 Å². The van der Waals surface area contributed by atoms with Gasteiger partial charge in [0, 0.05) is 6.54 Å². The molecular weight excluding hydrogens is 266 g/mol. The Kier molecular flexibility index (Phi) is 4.10. The second-order valence-electron chi connectivity index (χ2n) is 4.83. The highest BCUT2D eigenvalue weighted by Crippen LogP contribution is 2.24. The molecule has 1 aromatic carbocycles. The molecule has 1 amide bonds. The Morgan fingerprint density at radius 2 is 2.11 bits per heavy atom. The number of rotatable bonds is 2. The van der Waals surface area contributed by atoms with Gasteiger partial charge in [0.2, 0.25) is 0 Å². The number of hydrogen-bond acceptors (Lipinski definition) is 2. The standard InChI is InChI=1S/C14H16ClNO3/c1-9-5-6-10(11(15)8-9)13(17)16-7-3-2-4-12(16)14(18)19/h5-6,8,12H,2-4,7H2,1H3,(H,18,19). The minimum absolute atomic E-state index is 0.294. The van der Waals surface area contributed by atoms with E-state index in [0.717, 1.165) is 18.4 Å². The van der Waals surface area contributed by atoms with Crippen LogP contribution in [0.25, 0.3) is 0 Å². The molecule has 102 valence electrons. The molecule has 1 heterocycles. The molecule has 1 saturated heterocycles. The van der Waals surface area contributed by atoms with Crippen LogP contribution >= 0.6 is 11.6 Å². The van der Waals surface area contributed by atoms with E-state index < -0.39 is 12.0 Å². The zero-order valence-electron chi connectivity index (χ0n) is 10.7. The number of amides is 1. The van der Waals surface area contributed by atoms with Gasteiger partial charge >= 0.3 is 5.97 Å². The van der Waals surface area contributed by atoms with Crippen molar-refractivity contribution in [2.45, 2.75) is 32.2 Å². The highest BCUT2D eigenvalue weighted by molar-refractivity contribution is 6.33. The summed E-state index contributed by atoms with van der Waals surface area (Å²) in [5.74, 6) is -1.24. The van der Waals surface area contributed by atoms with Gasteiger partial charge in [-0.1, -0.05) is 17.7 Å². The molecule has 1 N–H and O–H groups in total. The van der Waals surface area contributed by atoms with E-state index >= 15 is 0 Å². The first-order chi connectivity index (χ1) is 9.00. The fourth-order valence-corrected chi connectivity index (χ4v) is 2.70. The van der Waals surface area contributed by atoms with E-state index in [2.05, 4.69) is 0 Å². The number of benzene rings is 1. The Labute approximate surface area is 117 Å². The zero-order chi connectivity index (χ0) is 14.0. The van der Waals surface area contributed by atoms with Crippen molar-refractivity contribution in [3.63, 3.8) is 0 Å². The molecule has 1 aromatic rings. The largest absolute Gasteiger partial charge is 0.480 e. The molecule has 1 atom stereocenters. The van der Waals surface area contributed by atoms with Crippen LogP contribution in [0.4, 0.5) is 0 Å². The monoisotopic (exact) mass is 281 g/mol. The van der Waals surface area contributed by atoms with Crippen molar-refractivity contribution in [2.75, 3.05) is 6.54 Å². The molecule has 4 nitrogen and oxygen atoms in total. The van der Waals surface area contributed by atoms with Crippen molar-refractivity contribution in [1.29, 1.82) is 0 Å². The third-order valence-electron chi connectivity index (χ3n) is 3.40. The number of carbonyl (C=O) groups is 2. The van der Waals surface area contributed by atoms with Crippen LogP contribution in [0.2, 0.25) is 5.02 Å². The Hall–Kier alpha value is -1.55. The van der Waals surface area contributed by atoms with Crippen LogP contribution in [0.15, 0.2) is 18.2 Å². The Morgan fingerprint density at radius 3 is 2.74 bits per heavy atom. The number of likely N-dealkylation sites (tertiary alicyclic amines) is 1. The maximum absolute atomic E-state index is 12.4. The predicted molar refractivity (Wildman–Crippen MR) is 72.5 cm³/mol. The first kappa shape index (κ1) is 13.9. The number of nitrogens with zero attached hydrogens (tertiary/aromatic N) is 1. The number of halogens is 1. The summed E-state index contributed by atoms with van der Waals surface area (Å²) in [7, 11) is 0. The fourth-order valence-electron chi connectivity index (χ4n) is 2.38. The van der Waals surface area contributed by atoms with Gasteiger partial charge in [0.05, 0.1) is 10.6 Å². The van der Waals surface area contributed by atoms with E-state index in [1.165, 1.54) is 4.90 Å². The lowest BCUT2D eigenvalue weighted by atomic mass is 10.0. The molecule has 1 unspecified atom stereocenters. The first-order valence-electron chi connectivity index (χ1n) is 6.30. The average Bonchev–Trinajstić information content (AvgIpc) is 2.38. The van der Waals surface area contributed by atoms with E-state index in [1.54, 1.807) is 18.2 Å². The van der Waals surface area contributed by atoms with Crippen LogP contribution in [0.1, 0.15) is 35.2 Å². The van der Waals surface area contributed by atoms with Gasteiger partial charge in [0.25, 0.3) is 5.91 Å². The van der Waals surface area contributed by atoms with Crippen LogP contribution in [-0.2, 0) is 4.79 Å². The van der Waals surface area contributed by atoms with Crippen LogP contribution in [0.5, 0.6) is 0 Å². The van der Waals surface area contributed by atoms with Crippen molar-refractivity contribution in [1.82, 2.24) is 4.90 Å². The molecule has 0 spiro atoms. The van der Waals surface area contributed by atoms with E-state index in [9.17, 15) is 14.7 Å². The molecule has 2 rings (SSSR count). The molecule has 19 heavy (non-hydrogen) atoms. The van der Waals surface area contributed by atoms with E-state index in [-0.39, 0.29) is 5.91 Å². The van der Waals surface area contributed by atoms with Crippen molar-refractivity contribution in [3.8, 4) is 0 Å². The summed E-state index contributed by atoms with van der Waals surface area (Å²) in [6.07, 6.45) is 2.17. The van der Waals surface area contributed by atoms with E-state index in [1.807, 2.05) is 6.92 Å². The number of carbonyl (C=O) groups excluding carboxylic acids is 1. The Morgan fingerprint density at radius 1 is 1.37 bits per heavy atom. The van der Waals surface area contributed by atoms with Crippen LogP contribution in [-0.4, -0.2) is 34.5 Å². The summed E-state index contributed by atoms with van der Waals surface area (Å²) in [4.78, 5) is 25.1. The van der Waals surface area contributed by atoms with Gasteiger partial charge in [0.15, 0.2) is 0 Å². The van der Waals surface area contributed by atoms with Gasteiger partial charge < -0.3 is 10.0 Å². The molecule has 0 aliphatic carbocycles. The van der Waals surface area contributed by atoms with Crippen molar-refractivity contribution in [3.05, 3.63) is 34.3 Å². The van der Waals surface area contributed by atoms with Gasteiger partial charge in [-0.25, -0.2) is 4.79 Å². The van der Waals surface area contributed by atoms with Crippen molar-refractivity contribution in [2.24, 2.45) is 0 Å². The van der Waals surface area contributed by atoms with Crippen molar-refractivity contribution < 1.29 is 14.7 Å². The predicted octanol–water partition coefficient (Wildman–Crippen LogP) is 2.73. The highest BCUT2D eigenvalue weighted by Gasteiger charge is 2.33.